The molecule has 102 valence electrons. The number of aliphatic hydroxyl groups is 1. The fraction of sp³-hybridized carbons (Fsp3) is 0.538. The second kappa shape index (κ2) is 6.75. The predicted octanol–water partition coefficient (Wildman–Crippen LogP) is 2.60. The molecule has 0 aliphatic heterocycles. The van der Waals surface area contributed by atoms with Crippen molar-refractivity contribution in [2.24, 2.45) is 5.92 Å². The first kappa shape index (κ1) is 15.0. The van der Waals surface area contributed by atoms with E-state index in [2.05, 4.69) is 5.32 Å². The van der Waals surface area contributed by atoms with Crippen LogP contribution in [0.1, 0.15) is 25.8 Å². The summed E-state index contributed by atoms with van der Waals surface area (Å²) in [4.78, 5) is 0. The van der Waals surface area contributed by atoms with Crippen LogP contribution in [0.25, 0.3) is 0 Å². The van der Waals surface area contributed by atoms with Gasteiger partial charge in [0.05, 0.1) is 6.10 Å². The van der Waals surface area contributed by atoms with Gasteiger partial charge in [-0.15, -0.1) is 0 Å². The molecule has 0 heterocycles. The topological polar surface area (TPSA) is 32.3 Å². The number of hydrogen-bond donors (Lipinski definition) is 2. The maximum Gasteiger partial charge on any atom is 0.194 e. The second-order valence-corrected chi connectivity index (χ2v) is 4.46. The minimum atomic E-state index is -1.46. The molecule has 0 radical (unpaired) electrons. The van der Waals surface area contributed by atoms with Crippen LogP contribution in [0.3, 0.4) is 0 Å². The van der Waals surface area contributed by atoms with Crippen LogP contribution >= 0.6 is 0 Å². The molecule has 0 aliphatic carbocycles. The van der Waals surface area contributed by atoms with E-state index in [1.54, 1.807) is 0 Å². The van der Waals surface area contributed by atoms with Crippen molar-refractivity contribution in [2.45, 2.75) is 32.9 Å². The summed E-state index contributed by atoms with van der Waals surface area (Å²) >= 11 is 0. The molecule has 1 aromatic carbocycles. The molecule has 2 N–H and O–H groups in total. The molecule has 0 spiro atoms. The van der Waals surface area contributed by atoms with Crippen molar-refractivity contribution in [3.8, 4) is 0 Å². The normalized spacial score (nSPS) is 14.6. The van der Waals surface area contributed by atoms with Crippen LogP contribution < -0.4 is 5.32 Å². The van der Waals surface area contributed by atoms with Crippen LogP contribution in [-0.4, -0.2) is 17.8 Å². The summed E-state index contributed by atoms with van der Waals surface area (Å²) in [5.74, 6) is -3.71. The summed E-state index contributed by atoms with van der Waals surface area (Å²) in [5.41, 5.74) is 0.308. The average Bonchev–Trinajstić information content (AvgIpc) is 2.34. The molecule has 5 heteroatoms. The third-order valence-corrected chi connectivity index (χ3v) is 3.03. The minimum Gasteiger partial charge on any atom is -0.392 e. The molecule has 0 bridgehead atoms. The average molecular weight is 261 g/mol. The maximum atomic E-state index is 12.9. The third kappa shape index (κ3) is 3.99. The van der Waals surface area contributed by atoms with E-state index < -0.39 is 23.6 Å². The van der Waals surface area contributed by atoms with Crippen LogP contribution in [0.15, 0.2) is 12.1 Å². The van der Waals surface area contributed by atoms with Gasteiger partial charge in [0.1, 0.15) is 0 Å². The number of rotatable bonds is 6. The van der Waals surface area contributed by atoms with Crippen molar-refractivity contribution < 1.29 is 18.3 Å². The molecule has 1 rings (SSSR count). The zero-order chi connectivity index (χ0) is 13.7. The lowest BCUT2D eigenvalue weighted by atomic mass is 10.0. The van der Waals surface area contributed by atoms with Gasteiger partial charge in [0.2, 0.25) is 0 Å². The first-order valence-corrected chi connectivity index (χ1v) is 5.97. The SMILES string of the molecule is CCC(C)C(O)CNCc1cc(F)c(F)c(F)c1. The van der Waals surface area contributed by atoms with E-state index in [-0.39, 0.29) is 12.5 Å². The molecule has 18 heavy (non-hydrogen) atoms. The summed E-state index contributed by atoms with van der Waals surface area (Å²) in [7, 11) is 0. The molecule has 0 amide bonds. The van der Waals surface area contributed by atoms with E-state index >= 15 is 0 Å². The second-order valence-electron chi connectivity index (χ2n) is 4.46. The zero-order valence-electron chi connectivity index (χ0n) is 10.5. The van der Waals surface area contributed by atoms with E-state index in [0.717, 1.165) is 18.6 Å². The third-order valence-electron chi connectivity index (χ3n) is 3.03. The van der Waals surface area contributed by atoms with Gasteiger partial charge in [-0.1, -0.05) is 20.3 Å². The van der Waals surface area contributed by atoms with Crippen LogP contribution in [0.5, 0.6) is 0 Å². The fourth-order valence-corrected chi connectivity index (χ4v) is 1.55. The maximum absolute atomic E-state index is 12.9. The van der Waals surface area contributed by atoms with Gasteiger partial charge < -0.3 is 10.4 Å². The number of hydrogen-bond acceptors (Lipinski definition) is 2. The lowest BCUT2D eigenvalue weighted by Gasteiger charge is -2.17. The van der Waals surface area contributed by atoms with Crippen LogP contribution in [-0.2, 0) is 6.54 Å². The highest BCUT2D eigenvalue weighted by Gasteiger charge is 2.13. The van der Waals surface area contributed by atoms with Gasteiger partial charge in [0.25, 0.3) is 0 Å². The number of benzene rings is 1. The molecule has 0 fully saturated rings. The van der Waals surface area contributed by atoms with Crippen molar-refractivity contribution in [2.75, 3.05) is 6.54 Å². The molecule has 2 nitrogen and oxygen atoms in total. The molecule has 0 aliphatic rings. The Labute approximate surface area is 105 Å². The van der Waals surface area contributed by atoms with Crippen molar-refractivity contribution in [3.63, 3.8) is 0 Å². The first-order valence-electron chi connectivity index (χ1n) is 5.97. The van der Waals surface area contributed by atoms with Crippen molar-refractivity contribution in [1.82, 2.24) is 5.32 Å². The Morgan fingerprint density at radius 3 is 2.28 bits per heavy atom. The van der Waals surface area contributed by atoms with Crippen molar-refractivity contribution in [3.05, 3.63) is 35.1 Å². The lowest BCUT2D eigenvalue weighted by Crippen LogP contribution is -2.31. The standard InChI is InChI=1S/C13H18F3NO/c1-3-8(2)12(18)7-17-6-9-4-10(14)13(16)11(15)5-9/h4-5,8,12,17-18H,3,6-7H2,1-2H3. The highest BCUT2D eigenvalue weighted by atomic mass is 19.2. The van der Waals surface area contributed by atoms with Gasteiger partial charge in [0, 0.05) is 13.1 Å². The Morgan fingerprint density at radius 2 is 1.78 bits per heavy atom. The van der Waals surface area contributed by atoms with Crippen molar-refractivity contribution in [1.29, 1.82) is 0 Å². The van der Waals surface area contributed by atoms with Gasteiger partial charge in [-0.05, 0) is 23.6 Å². The van der Waals surface area contributed by atoms with E-state index in [0.29, 0.717) is 12.1 Å². The summed E-state index contributed by atoms with van der Waals surface area (Å²) in [5, 5.41) is 12.6. The Bertz CT molecular complexity index is 375. The molecular formula is C13H18F3NO. The van der Waals surface area contributed by atoms with Gasteiger partial charge in [-0.2, -0.15) is 0 Å². The molecule has 0 saturated heterocycles. The number of nitrogens with one attached hydrogen (secondary N) is 1. The van der Waals surface area contributed by atoms with E-state index in [1.807, 2.05) is 13.8 Å². The largest absolute Gasteiger partial charge is 0.392 e. The Hall–Kier alpha value is -1.07. The Balaban J connectivity index is 2.49. The Kier molecular flexibility index (Phi) is 5.62. The zero-order valence-corrected chi connectivity index (χ0v) is 10.5. The van der Waals surface area contributed by atoms with Gasteiger partial charge >= 0.3 is 0 Å². The monoisotopic (exact) mass is 261 g/mol. The smallest absolute Gasteiger partial charge is 0.194 e. The summed E-state index contributed by atoms with van der Waals surface area (Å²) in [6, 6.07) is 1.89. The molecular weight excluding hydrogens is 243 g/mol. The quantitative estimate of drug-likeness (QED) is 0.771. The van der Waals surface area contributed by atoms with Crippen molar-refractivity contribution >= 4 is 0 Å². The number of aliphatic hydroxyl groups excluding tert-OH is 1. The minimum absolute atomic E-state index is 0.152. The number of halogens is 3. The summed E-state index contributed by atoms with van der Waals surface area (Å²) in [6.45, 7) is 4.40. The van der Waals surface area contributed by atoms with E-state index in [9.17, 15) is 18.3 Å². The Morgan fingerprint density at radius 1 is 1.22 bits per heavy atom. The fourth-order valence-electron chi connectivity index (χ4n) is 1.55. The van der Waals surface area contributed by atoms with E-state index in [1.165, 1.54) is 0 Å². The van der Waals surface area contributed by atoms with Crippen LogP contribution in [0.4, 0.5) is 13.2 Å². The molecule has 0 aromatic heterocycles. The summed E-state index contributed by atoms with van der Waals surface area (Å²) < 4.78 is 38.5. The highest BCUT2D eigenvalue weighted by molar-refractivity contribution is 5.19. The first-order chi connectivity index (χ1) is 8.45. The summed E-state index contributed by atoms with van der Waals surface area (Å²) in [6.07, 6.45) is 0.341. The predicted molar refractivity (Wildman–Crippen MR) is 63.5 cm³/mol. The van der Waals surface area contributed by atoms with Crippen LogP contribution in [0.2, 0.25) is 0 Å². The van der Waals surface area contributed by atoms with E-state index in [4.69, 9.17) is 0 Å². The highest BCUT2D eigenvalue weighted by Crippen LogP contribution is 2.13. The molecule has 1 aromatic rings. The van der Waals surface area contributed by atoms with Crippen LogP contribution in [0, 0.1) is 23.4 Å². The lowest BCUT2D eigenvalue weighted by molar-refractivity contribution is 0.113. The molecule has 0 saturated carbocycles. The van der Waals surface area contributed by atoms with Gasteiger partial charge in [-0.25, -0.2) is 13.2 Å². The van der Waals surface area contributed by atoms with Gasteiger partial charge in [-0.3, -0.25) is 0 Å². The molecule has 2 unspecified atom stereocenters. The van der Waals surface area contributed by atoms with Gasteiger partial charge in [0.15, 0.2) is 17.5 Å². The molecule has 2 atom stereocenters.